The summed E-state index contributed by atoms with van der Waals surface area (Å²) in [4.78, 5) is 15.8. The van der Waals surface area contributed by atoms with E-state index in [1.165, 1.54) is 17.3 Å². The molecule has 28 heavy (non-hydrogen) atoms. The minimum Gasteiger partial charge on any atom is -0.491 e. The van der Waals surface area contributed by atoms with Gasteiger partial charge in [0, 0.05) is 0 Å². The third-order valence-electron chi connectivity index (χ3n) is 3.83. The molecule has 0 fully saturated rings. The van der Waals surface area contributed by atoms with Crippen LogP contribution in [0.25, 0.3) is 6.08 Å². The summed E-state index contributed by atoms with van der Waals surface area (Å²) in [6.45, 7) is 3.96. The minimum absolute atomic E-state index is 0.278. The van der Waals surface area contributed by atoms with Crippen LogP contribution in [0.5, 0.6) is 11.5 Å². The number of hydrogen-bond donors (Lipinski definition) is 1. The van der Waals surface area contributed by atoms with Crippen molar-refractivity contribution in [1.82, 2.24) is 0 Å². The molecule has 0 unspecified atom stereocenters. The van der Waals surface area contributed by atoms with E-state index in [0.29, 0.717) is 31.3 Å². The number of ether oxygens (including phenoxy) is 3. The Morgan fingerprint density at radius 1 is 0.929 bits per heavy atom. The van der Waals surface area contributed by atoms with E-state index >= 15 is 0 Å². The molecule has 2 aromatic rings. The third-order valence-corrected chi connectivity index (χ3v) is 4.64. The van der Waals surface area contributed by atoms with Gasteiger partial charge in [-0.15, -0.1) is 0 Å². The van der Waals surface area contributed by atoms with Gasteiger partial charge in [0.05, 0.1) is 18.1 Å². The van der Waals surface area contributed by atoms with Crippen LogP contribution in [0.2, 0.25) is 0 Å². The van der Waals surface area contributed by atoms with Crippen molar-refractivity contribution in [2.24, 2.45) is 10.7 Å². The van der Waals surface area contributed by atoms with Crippen molar-refractivity contribution in [3.8, 4) is 11.5 Å². The predicted octanol–water partition coefficient (Wildman–Crippen LogP) is 3.40. The fourth-order valence-electron chi connectivity index (χ4n) is 2.41. The maximum Gasteiger partial charge on any atom is 0.286 e. The number of benzene rings is 2. The van der Waals surface area contributed by atoms with Crippen molar-refractivity contribution in [3.05, 3.63) is 64.6 Å². The lowest BCUT2D eigenvalue weighted by Gasteiger charge is -2.09. The molecule has 0 saturated carbocycles. The molecule has 0 aliphatic carbocycles. The number of amides is 1. The quantitative estimate of drug-likeness (QED) is 0.515. The third kappa shape index (κ3) is 6.14. The van der Waals surface area contributed by atoms with E-state index in [1.807, 2.05) is 55.5 Å². The van der Waals surface area contributed by atoms with Crippen molar-refractivity contribution in [3.63, 3.8) is 0 Å². The van der Waals surface area contributed by atoms with Gasteiger partial charge in [-0.25, -0.2) is 0 Å². The number of nitrogens with zero attached hydrogens (tertiary/aromatic N) is 1. The van der Waals surface area contributed by atoms with Gasteiger partial charge in [-0.3, -0.25) is 4.79 Å². The lowest BCUT2D eigenvalue weighted by Crippen LogP contribution is -2.12. The number of rotatable bonds is 9. The van der Waals surface area contributed by atoms with Crippen LogP contribution in [0.4, 0.5) is 0 Å². The second-order valence-electron chi connectivity index (χ2n) is 6.06. The minimum atomic E-state index is -0.300. The van der Waals surface area contributed by atoms with E-state index in [2.05, 4.69) is 4.99 Å². The number of carbonyl (C=O) groups is 1. The van der Waals surface area contributed by atoms with E-state index in [9.17, 15) is 4.79 Å². The number of thioether (sulfide) groups is 1. The summed E-state index contributed by atoms with van der Waals surface area (Å²) < 4.78 is 16.8. The molecule has 0 spiro atoms. The molecule has 2 N–H and O–H groups in total. The zero-order valence-corrected chi connectivity index (χ0v) is 16.4. The maximum absolute atomic E-state index is 11.6. The molecule has 0 aromatic heterocycles. The summed E-state index contributed by atoms with van der Waals surface area (Å²) in [5, 5.41) is 0.278. The van der Waals surface area contributed by atoms with Crippen LogP contribution in [0.1, 0.15) is 11.1 Å². The molecule has 1 amide bonds. The number of amidine groups is 1. The molecule has 0 atom stereocenters. The Labute approximate surface area is 168 Å². The average Bonchev–Trinajstić information content (AvgIpc) is 3.00. The normalized spacial score (nSPS) is 15.0. The van der Waals surface area contributed by atoms with Crippen LogP contribution in [-0.2, 0) is 9.53 Å². The van der Waals surface area contributed by atoms with Gasteiger partial charge in [0.15, 0.2) is 5.17 Å². The van der Waals surface area contributed by atoms with Crippen LogP contribution in [0.3, 0.4) is 0 Å². The predicted molar refractivity (Wildman–Crippen MR) is 112 cm³/mol. The first kappa shape index (κ1) is 20.0. The van der Waals surface area contributed by atoms with Crippen molar-refractivity contribution >= 4 is 28.9 Å². The molecule has 3 rings (SSSR count). The summed E-state index contributed by atoms with van der Waals surface area (Å²) in [6, 6.07) is 15.4. The highest BCUT2D eigenvalue weighted by atomic mass is 32.2. The summed E-state index contributed by atoms with van der Waals surface area (Å²) in [6.07, 6.45) is 1.76. The summed E-state index contributed by atoms with van der Waals surface area (Å²) in [7, 11) is 0. The Morgan fingerprint density at radius 3 is 2.04 bits per heavy atom. The molecule has 6 nitrogen and oxygen atoms in total. The van der Waals surface area contributed by atoms with Gasteiger partial charge in [-0.05, 0) is 54.6 Å². The SMILES string of the molecule is Cc1ccc(OCCOCCOc2ccc(/C=C3/SC(N)=NC3=O)cc2)cc1. The first-order chi connectivity index (χ1) is 13.6. The summed E-state index contributed by atoms with van der Waals surface area (Å²) >= 11 is 1.18. The number of carbonyl (C=O) groups excluding carboxylic acids is 1. The number of hydrogen-bond acceptors (Lipinski definition) is 6. The fourth-order valence-corrected chi connectivity index (χ4v) is 3.09. The summed E-state index contributed by atoms with van der Waals surface area (Å²) in [5.41, 5.74) is 7.63. The van der Waals surface area contributed by atoms with Gasteiger partial charge in [0.2, 0.25) is 0 Å². The van der Waals surface area contributed by atoms with E-state index < -0.39 is 0 Å². The highest BCUT2D eigenvalue weighted by molar-refractivity contribution is 8.18. The smallest absolute Gasteiger partial charge is 0.286 e. The molecule has 0 bridgehead atoms. The first-order valence-corrected chi connectivity index (χ1v) is 9.70. The van der Waals surface area contributed by atoms with Crippen LogP contribution >= 0.6 is 11.8 Å². The maximum atomic E-state index is 11.6. The van der Waals surface area contributed by atoms with Crippen molar-refractivity contribution in [2.45, 2.75) is 6.92 Å². The number of nitrogens with two attached hydrogens (primary N) is 1. The topological polar surface area (TPSA) is 83.1 Å². The molecule has 7 heteroatoms. The van der Waals surface area contributed by atoms with Gasteiger partial charge < -0.3 is 19.9 Å². The van der Waals surface area contributed by atoms with Crippen LogP contribution in [-0.4, -0.2) is 37.5 Å². The van der Waals surface area contributed by atoms with Gasteiger partial charge in [-0.2, -0.15) is 4.99 Å². The second-order valence-corrected chi connectivity index (χ2v) is 7.12. The van der Waals surface area contributed by atoms with Gasteiger partial charge in [-0.1, -0.05) is 29.8 Å². The van der Waals surface area contributed by atoms with E-state index in [0.717, 1.165) is 17.1 Å². The van der Waals surface area contributed by atoms with Gasteiger partial charge in [0.1, 0.15) is 24.7 Å². The van der Waals surface area contributed by atoms with Crippen LogP contribution in [0, 0.1) is 6.92 Å². The molecule has 0 saturated heterocycles. The van der Waals surface area contributed by atoms with Crippen molar-refractivity contribution in [1.29, 1.82) is 0 Å². The van der Waals surface area contributed by atoms with E-state index in [1.54, 1.807) is 6.08 Å². The molecule has 1 heterocycles. The van der Waals surface area contributed by atoms with Gasteiger partial charge in [0.25, 0.3) is 5.91 Å². The molecule has 2 aromatic carbocycles. The average molecular weight is 398 g/mol. The Balaban J connectivity index is 1.31. The Bertz CT molecular complexity index is 861. The molecule has 1 aliphatic heterocycles. The Morgan fingerprint density at radius 2 is 1.50 bits per heavy atom. The van der Waals surface area contributed by atoms with E-state index in [-0.39, 0.29) is 11.1 Å². The Kier molecular flexibility index (Phi) is 7.11. The first-order valence-electron chi connectivity index (χ1n) is 8.88. The lowest BCUT2D eigenvalue weighted by molar-refractivity contribution is -0.113. The molecule has 1 aliphatic rings. The van der Waals surface area contributed by atoms with Gasteiger partial charge >= 0.3 is 0 Å². The Hall–Kier alpha value is -2.77. The molecule has 0 radical (unpaired) electrons. The highest BCUT2D eigenvalue weighted by Crippen LogP contribution is 2.26. The summed E-state index contributed by atoms with van der Waals surface area (Å²) in [5.74, 6) is 1.28. The number of aliphatic imine (C=N–C) groups is 1. The lowest BCUT2D eigenvalue weighted by atomic mass is 10.2. The largest absolute Gasteiger partial charge is 0.491 e. The second kappa shape index (κ2) is 9.96. The molecule has 146 valence electrons. The van der Waals surface area contributed by atoms with Crippen molar-refractivity contribution in [2.75, 3.05) is 26.4 Å². The standard InChI is InChI=1S/C21H22N2O4S/c1-15-2-6-17(7-3-15)26-12-10-25-11-13-27-18-8-4-16(5-9-18)14-19-20(24)23-21(22)28-19/h2-9,14H,10-13H2,1H3,(H2,22,23,24)/b19-14+. The molecular weight excluding hydrogens is 376 g/mol. The zero-order valence-electron chi connectivity index (χ0n) is 15.6. The van der Waals surface area contributed by atoms with Crippen LogP contribution < -0.4 is 15.2 Å². The molecular formula is C21H22N2O4S. The van der Waals surface area contributed by atoms with Crippen molar-refractivity contribution < 1.29 is 19.0 Å². The fraction of sp³-hybridized carbons (Fsp3) is 0.238. The monoisotopic (exact) mass is 398 g/mol. The van der Waals surface area contributed by atoms with E-state index in [4.69, 9.17) is 19.9 Å². The number of aryl methyl sites for hydroxylation is 1. The van der Waals surface area contributed by atoms with Crippen LogP contribution in [0.15, 0.2) is 58.4 Å². The zero-order chi connectivity index (χ0) is 19.8. The highest BCUT2D eigenvalue weighted by Gasteiger charge is 2.19.